The first kappa shape index (κ1) is 12.7. The summed E-state index contributed by atoms with van der Waals surface area (Å²) in [4.78, 5) is 13.0. The number of rotatable bonds is 3. The number of nitrogen functional groups attached to an aromatic ring is 1. The Morgan fingerprint density at radius 1 is 1.33 bits per heavy atom. The van der Waals surface area contributed by atoms with Crippen LogP contribution in [0.1, 0.15) is 12.1 Å². The average molecular weight is 245 g/mol. The van der Waals surface area contributed by atoms with E-state index in [4.69, 9.17) is 12.2 Å². The zero-order valence-electron chi connectivity index (χ0n) is 10.8. The number of hydrogen-bond acceptors (Lipinski definition) is 5. The van der Waals surface area contributed by atoms with Gasteiger partial charge in [0.25, 0.3) is 0 Å². The molecule has 0 atom stereocenters. The van der Waals surface area contributed by atoms with Crippen molar-refractivity contribution in [3.05, 3.63) is 11.8 Å². The number of nitrogens with zero attached hydrogens (tertiary/aromatic N) is 4. The molecule has 18 heavy (non-hydrogen) atoms. The fourth-order valence-corrected chi connectivity index (χ4v) is 2.16. The highest BCUT2D eigenvalue weighted by Crippen LogP contribution is 2.15. The molecule has 1 aromatic rings. The summed E-state index contributed by atoms with van der Waals surface area (Å²) in [6.45, 7) is 6.87. The third kappa shape index (κ3) is 3.11. The van der Waals surface area contributed by atoms with E-state index in [2.05, 4.69) is 25.7 Å². The number of aromatic nitrogens is 2. The number of nitrogens with two attached hydrogens (primary N) is 1. The second kappa shape index (κ2) is 5.69. The summed E-state index contributed by atoms with van der Waals surface area (Å²) in [5.74, 6) is 3.95. The Balaban J connectivity index is 1.95. The lowest BCUT2D eigenvalue weighted by Crippen LogP contribution is -2.47. The summed E-state index contributed by atoms with van der Waals surface area (Å²) in [5, 5.41) is 0. The summed E-state index contributed by atoms with van der Waals surface area (Å²) in [6, 6.07) is 1.98. The Kier molecular flexibility index (Phi) is 4.00. The van der Waals surface area contributed by atoms with Crippen molar-refractivity contribution in [2.75, 3.05) is 43.4 Å². The zero-order chi connectivity index (χ0) is 13.0. The van der Waals surface area contributed by atoms with Gasteiger partial charge in [0.1, 0.15) is 5.82 Å². The van der Waals surface area contributed by atoms with Gasteiger partial charge in [-0.2, -0.15) is 4.98 Å². The number of aryl methyl sites for hydroxylation is 1. The smallest absolute Gasteiger partial charge is 0.222 e. The van der Waals surface area contributed by atoms with Gasteiger partial charge in [0.05, 0.1) is 0 Å². The Morgan fingerprint density at radius 2 is 2.06 bits per heavy atom. The molecule has 0 aromatic carbocycles. The van der Waals surface area contributed by atoms with Crippen LogP contribution in [-0.2, 0) is 0 Å². The van der Waals surface area contributed by atoms with E-state index in [-0.39, 0.29) is 0 Å². The van der Waals surface area contributed by atoms with Crippen molar-refractivity contribution in [3.63, 3.8) is 0 Å². The van der Waals surface area contributed by atoms with Crippen molar-refractivity contribution < 1.29 is 0 Å². The van der Waals surface area contributed by atoms with Crippen LogP contribution in [0.25, 0.3) is 0 Å². The molecule has 0 unspecified atom stereocenters. The molecule has 0 saturated carbocycles. The minimum absolute atomic E-state index is 0.347. The molecule has 0 bridgehead atoms. The van der Waals surface area contributed by atoms with Gasteiger partial charge < -0.3 is 10.6 Å². The second-order valence-corrected chi connectivity index (χ2v) is 4.51. The predicted octanol–water partition coefficient (Wildman–Crippen LogP) is 0.513. The van der Waals surface area contributed by atoms with Crippen LogP contribution in [0.15, 0.2) is 6.07 Å². The van der Waals surface area contributed by atoms with Crippen molar-refractivity contribution in [3.8, 4) is 12.3 Å². The van der Waals surface area contributed by atoms with Gasteiger partial charge >= 0.3 is 0 Å². The van der Waals surface area contributed by atoms with Crippen molar-refractivity contribution in [1.82, 2.24) is 14.9 Å². The molecule has 0 spiro atoms. The summed E-state index contributed by atoms with van der Waals surface area (Å²) in [7, 11) is 0. The minimum atomic E-state index is 0.347. The fraction of sp³-hybridized carbons (Fsp3) is 0.538. The molecule has 1 saturated heterocycles. The lowest BCUT2D eigenvalue weighted by Gasteiger charge is -2.35. The highest BCUT2D eigenvalue weighted by molar-refractivity contribution is 5.43. The summed E-state index contributed by atoms with van der Waals surface area (Å²) in [6.07, 6.45) is 6.10. The number of hydrogen-bond donors (Lipinski definition) is 1. The molecule has 96 valence electrons. The first-order valence-corrected chi connectivity index (χ1v) is 6.21. The first-order chi connectivity index (χ1) is 8.69. The SMILES string of the molecule is C#CCCN1CCN(c2cc(C)nc(N)n2)CC1. The van der Waals surface area contributed by atoms with Gasteiger partial charge in [-0.1, -0.05) is 0 Å². The summed E-state index contributed by atoms with van der Waals surface area (Å²) in [5.41, 5.74) is 6.59. The monoisotopic (exact) mass is 245 g/mol. The van der Waals surface area contributed by atoms with Crippen LogP contribution in [0.4, 0.5) is 11.8 Å². The third-order valence-corrected chi connectivity index (χ3v) is 3.13. The number of anilines is 2. The van der Waals surface area contributed by atoms with Gasteiger partial charge in [-0.15, -0.1) is 12.3 Å². The molecular formula is C13H19N5. The molecule has 5 heteroatoms. The normalized spacial score (nSPS) is 16.6. The van der Waals surface area contributed by atoms with Crippen LogP contribution in [-0.4, -0.2) is 47.6 Å². The maximum absolute atomic E-state index is 5.68. The zero-order valence-corrected chi connectivity index (χ0v) is 10.8. The first-order valence-electron chi connectivity index (χ1n) is 6.21. The van der Waals surface area contributed by atoms with E-state index < -0.39 is 0 Å². The molecule has 1 aliphatic heterocycles. The highest BCUT2D eigenvalue weighted by Gasteiger charge is 2.18. The molecule has 2 rings (SSSR count). The van der Waals surface area contributed by atoms with E-state index in [0.717, 1.165) is 50.7 Å². The molecule has 1 aromatic heterocycles. The molecule has 1 fully saturated rings. The van der Waals surface area contributed by atoms with Gasteiger partial charge in [-0.25, -0.2) is 4.98 Å². The van der Waals surface area contributed by atoms with Crippen molar-refractivity contribution in [1.29, 1.82) is 0 Å². The summed E-state index contributed by atoms with van der Waals surface area (Å²) >= 11 is 0. The molecular weight excluding hydrogens is 226 g/mol. The average Bonchev–Trinajstić information content (AvgIpc) is 2.36. The van der Waals surface area contributed by atoms with Crippen molar-refractivity contribution in [2.24, 2.45) is 0 Å². The van der Waals surface area contributed by atoms with Crippen LogP contribution in [0.3, 0.4) is 0 Å². The largest absolute Gasteiger partial charge is 0.368 e. The van der Waals surface area contributed by atoms with Crippen LogP contribution in [0.5, 0.6) is 0 Å². The number of terminal acetylenes is 1. The molecule has 5 nitrogen and oxygen atoms in total. The molecule has 2 heterocycles. The maximum atomic E-state index is 5.68. The molecule has 0 amide bonds. The van der Waals surface area contributed by atoms with E-state index in [9.17, 15) is 0 Å². The van der Waals surface area contributed by atoms with Gasteiger partial charge in [0.2, 0.25) is 5.95 Å². The highest BCUT2D eigenvalue weighted by atomic mass is 15.3. The maximum Gasteiger partial charge on any atom is 0.222 e. The predicted molar refractivity (Wildman–Crippen MR) is 73.3 cm³/mol. The van der Waals surface area contributed by atoms with Crippen LogP contribution in [0, 0.1) is 19.3 Å². The lowest BCUT2D eigenvalue weighted by molar-refractivity contribution is 0.263. The Morgan fingerprint density at radius 3 is 2.67 bits per heavy atom. The molecule has 0 radical (unpaired) electrons. The van der Waals surface area contributed by atoms with Crippen LogP contribution >= 0.6 is 0 Å². The van der Waals surface area contributed by atoms with Gasteiger partial charge in [-0.05, 0) is 6.92 Å². The van der Waals surface area contributed by atoms with E-state index in [1.807, 2.05) is 13.0 Å². The van der Waals surface area contributed by atoms with E-state index in [0.29, 0.717) is 5.95 Å². The van der Waals surface area contributed by atoms with Crippen LogP contribution in [0.2, 0.25) is 0 Å². The lowest BCUT2D eigenvalue weighted by atomic mass is 10.3. The van der Waals surface area contributed by atoms with E-state index in [1.54, 1.807) is 0 Å². The Labute approximate surface area is 108 Å². The van der Waals surface area contributed by atoms with Gasteiger partial charge in [0, 0.05) is 50.9 Å². The quantitative estimate of drug-likeness (QED) is 0.786. The molecule has 0 aliphatic carbocycles. The van der Waals surface area contributed by atoms with Crippen molar-refractivity contribution in [2.45, 2.75) is 13.3 Å². The molecule has 2 N–H and O–H groups in total. The summed E-state index contributed by atoms with van der Waals surface area (Å²) < 4.78 is 0. The Bertz CT molecular complexity index is 423. The second-order valence-electron chi connectivity index (χ2n) is 4.51. The minimum Gasteiger partial charge on any atom is -0.368 e. The van der Waals surface area contributed by atoms with Gasteiger partial charge in [-0.3, -0.25) is 4.90 Å². The van der Waals surface area contributed by atoms with Gasteiger partial charge in [0.15, 0.2) is 0 Å². The van der Waals surface area contributed by atoms with Crippen molar-refractivity contribution >= 4 is 11.8 Å². The third-order valence-electron chi connectivity index (χ3n) is 3.13. The molecule has 1 aliphatic rings. The fourth-order valence-electron chi connectivity index (χ4n) is 2.16. The van der Waals surface area contributed by atoms with Crippen LogP contribution < -0.4 is 10.6 Å². The Hall–Kier alpha value is -1.80. The number of piperazine rings is 1. The van der Waals surface area contributed by atoms with E-state index in [1.165, 1.54) is 0 Å². The topological polar surface area (TPSA) is 58.3 Å². The van der Waals surface area contributed by atoms with E-state index >= 15 is 0 Å². The standard InChI is InChI=1S/C13H19N5/c1-3-4-5-17-6-8-18(9-7-17)12-10-11(2)15-13(14)16-12/h1,10H,4-9H2,2H3,(H2,14,15,16).